The number of aromatic nitrogens is 1. The Morgan fingerprint density at radius 3 is 2.57 bits per heavy atom. The van der Waals surface area contributed by atoms with E-state index in [1.165, 1.54) is 24.4 Å². The molecule has 0 saturated heterocycles. The Labute approximate surface area is 208 Å². The van der Waals surface area contributed by atoms with Crippen LogP contribution in [0.4, 0.5) is 18.9 Å². The Balaban J connectivity index is 0.00000432. The van der Waals surface area contributed by atoms with Crippen LogP contribution in [0.3, 0.4) is 0 Å². The van der Waals surface area contributed by atoms with E-state index in [9.17, 15) is 18.0 Å². The first kappa shape index (κ1) is 28.4. The molecule has 35 heavy (non-hydrogen) atoms. The summed E-state index contributed by atoms with van der Waals surface area (Å²) < 4.78 is 58.9. The van der Waals surface area contributed by atoms with Crippen LogP contribution < -0.4 is 15.8 Å². The molecule has 0 bridgehead atoms. The molecule has 3 N–H and O–H groups in total. The summed E-state index contributed by atoms with van der Waals surface area (Å²) in [6, 6.07) is 6.77. The smallest absolute Gasteiger partial charge is 0.416 e. The van der Waals surface area contributed by atoms with Crippen LogP contribution in [0.5, 0.6) is 5.88 Å². The lowest BCUT2D eigenvalue weighted by Crippen LogP contribution is -2.30. The van der Waals surface area contributed by atoms with Crippen molar-refractivity contribution in [1.29, 1.82) is 0 Å². The number of rotatable bonds is 9. The molecule has 7 nitrogen and oxygen atoms in total. The Morgan fingerprint density at radius 1 is 1.23 bits per heavy atom. The number of pyridine rings is 1. The van der Waals surface area contributed by atoms with Crippen molar-refractivity contribution in [2.75, 3.05) is 31.7 Å². The molecule has 192 valence electrons. The van der Waals surface area contributed by atoms with Crippen LogP contribution in [0.15, 0.2) is 47.8 Å². The van der Waals surface area contributed by atoms with Crippen LogP contribution in [0.1, 0.15) is 43.4 Å². The summed E-state index contributed by atoms with van der Waals surface area (Å²) >= 11 is 0. The zero-order valence-corrected chi connectivity index (χ0v) is 20.5. The van der Waals surface area contributed by atoms with Crippen LogP contribution >= 0.6 is 12.4 Å². The minimum atomic E-state index is -4.65. The largest absolute Gasteiger partial charge is 0.475 e. The Hall–Kier alpha value is -2.82. The molecule has 0 saturated carbocycles. The predicted molar refractivity (Wildman–Crippen MR) is 128 cm³/mol. The van der Waals surface area contributed by atoms with E-state index in [-0.39, 0.29) is 61.9 Å². The molecule has 1 unspecified atom stereocenters. The molecule has 0 amide bonds. The summed E-state index contributed by atoms with van der Waals surface area (Å²) in [7, 11) is 0. The van der Waals surface area contributed by atoms with Crippen LogP contribution in [0.25, 0.3) is 0 Å². The Morgan fingerprint density at radius 2 is 1.94 bits per heavy atom. The number of fused-ring (bicyclic) bond motifs is 1. The molecule has 3 rings (SSSR count). The van der Waals surface area contributed by atoms with Gasteiger partial charge in [0.15, 0.2) is 0 Å². The lowest BCUT2D eigenvalue weighted by Gasteiger charge is -2.33. The number of halogens is 4. The lowest BCUT2D eigenvalue weighted by molar-refractivity contribution is -0.140. The zero-order chi connectivity index (χ0) is 24.9. The summed E-state index contributed by atoms with van der Waals surface area (Å²) in [5.41, 5.74) is 5.62. The van der Waals surface area contributed by atoms with E-state index in [4.69, 9.17) is 19.9 Å². The van der Waals surface area contributed by atoms with Crippen LogP contribution in [-0.2, 0) is 20.4 Å². The molecule has 11 heteroatoms. The molecule has 0 aliphatic carbocycles. The monoisotopic (exact) mass is 515 g/mol. The Bertz CT molecular complexity index is 1060. The van der Waals surface area contributed by atoms with E-state index in [2.05, 4.69) is 10.3 Å². The second-order valence-corrected chi connectivity index (χ2v) is 7.84. The van der Waals surface area contributed by atoms with Gasteiger partial charge in [0, 0.05) is 24.0 Å². The van der Waals surface area contributed by atoms with Crippen molar-refractivity contribution in [3.8, 4) is 5.88 Å². The highest BCUT2D eigenvalue weighted by Gasteiger charge is 2.42. The fourth-order valence-electron chi connectivity index (χ4n) is 3.85. The lowest BCUT2D eigenvalue weighted by atomic mass is 9.79. The molecule has 2 aromatic rings. The van der Waals surface area contributed by atoms with Crippen molar-refractivity contribution >= 4 is 24.1 Å². The molecule has 1 aromatic carbocycles. The van der Waals surface area contributed by atoms with Gasteiger partial charge in [0.1, 0.15) is 0 Å². The number of nitrogens with two attached hydrogens (primary N) is 1. The van der Waals surface area contributed by atoms with Crippen molar-refractivity contribution in [2.24, 2.45) is 5.73 Å². The summed E-state index contributed by atoms with van der Waals surface area (Å²) in [4.78, 5) is 17.5. The number of nitrogens with zero attached hydrogens (tertiary/aromatic N) is 1. The van der Waals surface area contributed by atoms with Gasteiger partial charge < -0.3 is 25.3 Å². The number of benzene rings is 1. The van der Waals surface area contributed by atoms with Gasteiger partial charge in [0.2, 0.25) is 5.88 Å². The fraction of sp³-hybridized carbons (Fsp3) is 0.417. The number of anilines is 1. The molecule has 1 aromatic heterocycles. The molecule has 0 radical (unpaired) electrons. The highest BCUT2D eigenvalue weighted by atomic mass is 35.5. The van der Waals surface area contributed by atoms with Crippen LogP contribution in [-0.4, -0.2) is 43.4 Å². The summed E-state index contributed by atoms with van der Waals surface area (Å²) in [5, 5.41) is 3.13. The van der Waals surface area contributed by atoms with Gasteiger partial charge in [-0.3, -0.25) is 0 Å². The Kier molecular flexibility index (Phi) is 9.93. The third-order valence-corrected chi connectivity index (χ3v) is 5.07. The number of nitrogens with one attached hydrogen (secondary N) is 1. The van der Waals surface area contributed by atoms with E-state index in [0.717, 1.165) is 6.07 Å². The normalized spacial score (nSPS) is 15.3. The van der Waals surface area contributed by atoms with Crippen molar-refractivity contribution in [2.45, 2.75) is 39.0 Å². The molecule has 2 heterocycles. The average Bonchev–Trinajstić information content (AvgIpc) is 2.77. The molecule has 0 spiro atoms. The van der Waals surface area contributed by atoms with Gasteiger partial charge in [0.25, 0.3) is 0 Å². The zero-order valence-electron chi connectivity index (χ0n) is 19.6. The van der Waals surface area contributed by atoms with Gasteiger partial charge >= 0.3 is 12.1 Å². The van der Waals surface area contributed by atoms with Crippen molar-refractivity contribution < 1.29 is 32.2 Å². The average molecular weight is 516 g/mol. The number of hydrogen-bond acceptors (Lipinski definition) is 7. The molecule has 1 aliphatic rings. The van der Waals surface area contributed by atoms with E-state index < -0.39 is 23.6 Å². The van der Waals surface area contributed by atoms with Gasteiger partial charge in [-0.15, -0.1) is 12.4 Å². The molecular formula is C24H29ClF3N3O4. The van der Waals surface area contributed by atoms with Gasteiger partial charge in [-0.25, -0.2) is 9.78 Å². The molecule has 1 aliphatic heterocycles. The van der Waals surface area contributed by atoms with Crippen molar-refractivity contribution in [1.82, 2.24) is 4.98 Å². The number of carbonyl (C=O) groups excluding carboxylic acids is 1. The quantitative estimate of drug-likeness (QED) is 0.370. The van der Waals surface area contributed by atoms with Crippen molar-refractivity contribution in [3.05, 3.63) is 64.5 Å². The SMILES string of the molecule is CCOC(=O)C1=C(COCCN)Nc2ccnc(OC(C)C)c2C1c1ccccc1C(F)(F)F.Cl. The van der Waals surface area contributed by atoms with E-state index in [1.54, 1.807) is 26.8 Å². The second kappa shape index (κ2) is 12.2. The number of hydrogen-bond donors (Lipinski definition) is 2. The third kappa shape index (κ3) is 6.45. The molecular weight excluding hydrogens is 487 g/mol. The fourth-order valence-corrected chi connectivity index (χ4v) is 3.85. The summed E-state index contributed by atoms with van der Waals surface area (Å²) in [6.07, 6.45) is -3.47. The second-order valence-electron chi connectivity index (χ2n) is 7.84. The summed E-state index contributed by atoms with van der Waals surface area (Å²) in [6.45, 7) is 5.61. The molecule has 1 atom stereocenters. The topological polar surface area (TPSA) is 95.7 Å². The highest BCUT2D eigenvalue weighted by Crippen LogP contribution is 2.49. The van der Waals surface area contributed by atoms with Gasteiger partial charge in [-0.05, 0) is 38.5 Å². The standard InChI is InChI=1S/C24H28F3N3O4.ClH/c1-4-33-23(31)21-18(13-32-12-10-28)30-17-9-11-29-22(34-14(2)3)20(17)19(21)15-7-5-6-8-16(15)24(25,26)27;/h5-9,11,14,19,30H,4,10,12-13,28H2,1-3H3;1H. The maximum absolute atomic E-state index is 14.1. The summed E-state index contributed by atoms with van der Waals surface area (Å²) in [5.74, 6) is -1.79. The van der Waals surface area contributed by atoms with E-state index in [0.29, 0.717) is 16.9 Å². The molecule has 0 fully saturated rings. The number of esters is 1. The van der Waals surface area contributed by atoms with Crippen LogP contribution in [0.2, 0.25) is 0 Å². The maximum atomic E-state index is 14.1. The van der Waals surface area contributed by atoms with E-state index in [1.807, 2.05) is 0 Å². The maximum Gasteiger partial charge on any atom is 0.416 e. The van der Waals surface area contributed by atoms with Gasteiger partial charge in [-0.1, -0.05) is 18.2 Å². The first-order valence-electron chi connectivity index (χ1n) is 11.0. The first-order valence-corrected chi connectivity index (χ1v) is 11.0. The minimum absolute atomic E-state index is 0. The third-order valence-electron chi connectivity index (χ3n) is 5.07. The van der Waals surface area contributed by atoms with Gasteiger partial charge in [0.05, 0.1) is 48.7 Å². The van der Waals surface area contributed by atoms with Gasteiger partial charge in [-0.2, -0.15) is 13.2 Å². The first-order chi connectivity index (χ1) is 16.2. The predicted octanol–water partition coefficient (Wildman–Crippen LogP) is 4.66. The van der Waals surface area contributed by atoms with E-state index >= 15 is 0 Å². The highest BCUT2D eigenvalue weighted by molar-refractivity contribution is 5.95. The van der Waals surface area contributed by atoms with Crippen LogP contribution in [0, 0.1) is 0 Å². The number of ether oxygens (including phenoxy) is 3. The van der Waals surface area contributed by atoms with Crippen molar-refractivity contribution in [3.63, 3.8) is 0 Å². The number of carbonyl (C=O) groups is 1. The minimum Gasteiger partial charge on any atom is -0.475 e. The number of alkyl halides is 3.